The predicted octanol–water partition coefficient (Wildman–Crippen LogP) is 13.9. The topological polar surface area (TPSA) is 8.17 Å². The molecular formula is C50H34N2. The van der Waals surface area contributed by atoms with E-state index in [1.165, 1.54) is 71.3 Å². The lowest BCUT2D eigenvalue weighted by atomic mass is 9.90. The minimum Gasteiger partial charge on any atom is -0.309 e. The van der Waals surface area contributed by atoms with Crippen LogP contribution >= 0.6 is 0 Å². The molecule has 0 spiro atoms. The van der Waals surface area contributed by atoms with Crippen molar-refractivity contribution < 1.29 is 0 Å². The Labute approximate surface area is 303 Å². The number of fused-ring (bicyclic) bond motifs is 5. The van der Waals surface area contributed by atoms with Crippen molar-refractivity contribution in [2.24, 2.45) is 0 Å². The number of nitrogens with zero attached hydrogens (tertiary/aromatic N) is 2. The van der Waals surface area contributed by atoms with Crippen LogP contribution in [0.15, 0.2) is 206 Å². The Morgan fingerprint density at radius 2 is 0.788 bits per heavy atom. The van der Waals surface area contributed by atoms with E-state index in [0.29, 0.717) is 0 Å². The second-order valence-corrected chi connectivity index (χ2v) is 13.3. The third-order valence-electron chi connectivity index (χ3n) is 10.4. The first-order chi connectivity index (χ1) is 25.8. The maximum absolute atomic E-state index is 2.46. The van der Waals surface area contributed by atoms with E-state index in [-0.39, 0.29) is 0 Å². The zero-order chi connectivity index (χ0) is 34.4. The van der Waals surface area contributed by atoms with Crippen LogP contribution in [0.2, 0.25) is 0 Å². The highest BCUT2D eigenvalue weighted by atomic mass is 15.1. The highest BCUT2D eigenvalue weighted by molar-refractivity contribution is 6.22. The van der Waals surface area contributed by atoms with Crippen molar-refractivity contribution >= 4 is 60.4 Å². The van der Waals surface area contributed by atoms with E-state index >= 15 is 0 Å². The second-order valence-electron chi connectivity index (χ2n) is 13.3. The van der Waals surface area contributed by atoms with Gasteiger partial charge < -0.3 is 9.47 Å². The number of hydrogen-bond acceptors (Lipinski definition) is 1. The molecule has 0 aliphatic carbocycles. The molecule has 1 aromatic heterocycles. The van der Waals surface area contributed by atoms with Gasteiger partial charge in [-0.3, -0.25) is 0 Å². The standard InChI is InChI=1S/C50H34N2/c1-4-16-35(17-5-1)36-28-30-39(31-29-36)52-47-27-15-14-22-41(47)46-34-40(32-33-48(46)52)51(38-20-8-3-9-21-38)50-44-25-12-10-23-42(44)49(37-18-6-2-7-19-37)43-24-11-13-26-45(43)50/h1-34H. The van der Waals surface area contributed by atoms with Crippen LogP contribution in [0.25, 0.3) is 71.3 Å². The lowest BCUT2D eigenvalue weighted by Gasteiger charge is -2.29. The molecule has 0 aliphatic heterocycles. The first-order valence-electron chi connectivity index (χ1n) is 17.9. The molecule has 0 bridgehead atoms. The fraction of sp³-hybridized carbons (Fsp3) is 0. The summed E-state index contributed by atoms with van der Waals surface area (Å²) in [5.74, 6) is 0. The summed E-state index contributed by atoms with van der Waals surface area (Å²) in [6, 6.07) is 74.6. The summed E-state index contributed by atoms with van der Waals surface area (Å²) < 4.78 is 2.40. The molecule has 0 fully saturated rings. The fourth-order valence-corrected chi connectivity index (χ4v) is 8.06. The number of hydrogen-bond donors (Lipinski definition) is 0. The highest BCUT2D eigenvalue weighted by Gasteiger charge is 2.23. The predicted molar refractivity (Wildman–Crippen MR) is 221 cm³/mol. The van der Waals surface area contributed by atoms with E-state index in [2.05, 4.69) is 216 Å². The molecule has 0 saturated heterocycles. The monoisotopic (exact) mass is 662 g/mol. The van der Waals surface area contributed by atoms with Crippen LogP contribution in [0.3, 0.4) is 0 Å². The van der Waals surface area contributed by atoms with Crippen LogP contribution in [0.1, 0.15) is 0 Å². The van der Waals surface area contributed by atoms with Crippen LogP contribution in [0.5, 0.6) is 0 Å². The average Bonchev–Trinajstić information content (AvgIpc) is 3.55. The number of rotatable bonds is 6. The molecule has 0 unspecified atom stereocenters. The van der Waals surface area contributed by atoms with Crippen molar-refractivity contribution in [1.82, 2.24) is 4.57 Å². The maximum atomic E-state index is 2.46. The molecule has 0 amide bonds. The van der Waals surface area contributed by atoms with Gasteiger partial charge in [-0.2, -0.15) is 0 Å². The lowest BCUT2D eigenvalue weighted by molar-refractivity contribution is 1.18. The van der Waals surface area contributed by atoms with E-state index < -0.39 is 0 Å². The third kappa shape index (κ3) is 4.88. The fourth-order valence-electron chi connectivity index (χ4n) is 8.06. The van der Waals surface area contributed by atoms with E-state index in [9.17, 15) is 0 Å². The van der Waals surface area contributed by atoms with Gasteiger partial charge >= 0.3 is 0 Å². The van der Waals surface area contributed by atoms with Gasteiger partial charge in [-0.05, 0) is 81.6 Å². The number of anilines is 3. The highest BCUT2D eigenvalue weighted by Crippen LogP contribution is 2.48. The van der Waals surface area contributed by atoms with Crippen molar-refractivity contribution in [2.45, 2.75) is 0 Å². The van der Waals surface area contributed by atoms with Gasteiger partial charge in [-0.1, -0.05) is 158 Å². The Morgan fingerprint density at radius 1 is 0.308 bits per heavy atom. The molecule has 0 aliphatic rings. The van der Waals surface area contributed by atoms with Crippen LogP contribution < -0.4 is 4.90 Å². The number of benzene rings is 9. The Morgan fingerprint density at radius 3 is 1.42 bits per heavy atom. The largest absolute Gasteiger partial charge is 0.309 e. The smallest absolute Gasteiger partial charge is 0.0618 e. The van der Waals surface area contributed by atoms with Gasteiger partial charge in [0.25, 0.3) is 0 Å². The summed E-state index contributed by atoms with van der Waals surface area (Å²) in [6.45, 7) is 0. The van der Waals surface area contributed by atoms with Crippen LogP contribution in [-0.4, -0.2) is 4.57 Å². The molecule has 10 rings (SSSR count). The molecule has 2 nitrogen and oxygen atoms in total. The Hall–Kier alpha value is -6.90. The van der Waals surface area contributed by atoms with Crippen LogP contribution in [-0.2, 0) is 0 Å². The molecule has 0 saturated carbocycles. The SMILES string of the molecule is c1ccc(-c2ccc(-n3c4ccccc4c4cc(N(c5ccccc5)c5c6ccccc6c(-c6ccccc6)c6ccccc56)ccc43)cc2)cc1. The van der Waals surface area contributed by atoms with E-state index in [1.54, 1.807) is 0 Å². The molecule has 10 aromatic rings. The average molecular weight is 663 g/mol. The first kappa shape index (κ1) is 30.0. The molecule has 1 heterocycles. The van der Waals surface area contributed by atoms with E-state index in [4.69, 9.17) is 0 Å². The van der Waals surface area contributed by atoms with E-state index in [1.807, 2.05) is 0 Å². The summed E-state index contributed by atoms with van der Waals surface area (Å²) >= 11 is 0. The Kier molecular flexibility index (Phi) is 7.18. The maximum Gasteiger partial charge on any atom is 0.0618 e. The third-order valence-corrected chi connectivity index (χ3v) is 10.4. The molecule has 52 heavy (non-hydrogen) atoms. The minimum atomic E-state index is 1.11. The molecule has 0 atom stereocenters. The normalized spacial score (nSPS) is 11.5. The van der Waals surface area contributed by atoms with Gasteiger partial charge in [0, 0.05) is 38.6 Å². The quantitative estimate of drug-likeness (QED) is 0.161. The summed E-state index contributed by atoms with van der Waals surface area (Å²) in [5, 5.41) is 7.35. The van der Waals surface area contributed by atoms with Crippen molar-refractivity contribution in [3.05, 3.63) is 206 Å². The molecule has 244 valence electrons. The zero-order valence-corrected chi connectivity index (χ0v) is 28.5. The second kappa shape index (κ2) is 12.5. The summed E-state index contributed by atoms with van der Waals surface area (Å²) in [4.78, 5) is 2.46. The summed E-state index contributed by atoms with van der Waals surface area (Å²) in [5.41, 5.74) is 11.8. The van der Waals surface area contributed by atoms with Crippen LogP contribution in [0.4, 0.5) is 17.1 Å². The summed E-state index contributed by atoms with van der Waals surface area (Å²) in [7, 11) is 0. The molecule has 2 heteroatoms. The van der Waals surface area contributed by atoms with Gasteiger partial charge in [0.2, 0.25) is 0 Å². The molecular weight excluding hydrogens is 629 g/mol. The van der Waals surface area contributed by atoms with Crippen molar-refractivity contribution in [3.8, 4) is 27.9 Å². The van der Waals surface area contributed by atoms with Gasteiger partial charge in [0.15, 0.2) is 0 Å². The molecule has 9 aromatic carbocycles. The minimum absolute atomic E-state index is 1.11. The van der Waals surface area contributed by atoms with Crippen molar-refractivity contribution in [3.63, 3.8) is 0 Å². The molecule has 0 N–H and O–H groups in total. The van der Waals surface area contributed by atoms with Crippen LogP contribution in [0, 0.1) is 0 Å². The van der Waals surface area contributed by atoms with Crippen molar-refractivity contribution in [2.75, 3.05) is 4.90 Å². The Bertz CT molecular complexity index is 2810. The number of para-hydroxylation sites is 2. The van der Waals surface area contributed by atoms with Gasteiger partial charge in [0.1, 0.15) is 0 Å². The Balaban J connectivity index is 1.22. The lowest BCUT2D eigenvalue weighted by Crippen LogP contribution is -2.11. The van der Waals surface area contributed by atoms with E-state index in [0.717, 1.165) is 17.1 Å². The van der Waals surface area contributed by atoms with Gasteiger partial charge in [0.05, 0.1) is 16.7 Å². The summed E-state index contributed by atoms with van der Waals surface area (Å²) in [6.07, 6.45) is 0. The first-order valence-corrected chi connectivity index (χ1v) is 17.9. The van der Waals surface area contributed by atoms with Gasteiger partial charge in [-0.15, -0.1) is 0 Å². The van der Waals surface area contributed by atoms with Crippen molar-refractivity contribution in [1.29, 1.82) is 0 Å². The number of aromatic nitrogens is 1. The van der Waals surface area contributed by atoms with Gasteiger partial charge in [-0.25, -0.2) is 0 Å². The zero-order valence-electron chi connectivity index (χ0n) is 28.5. The molecule has 0 radical (unpaired) electrons.